The van der Waals surface area contributed by atoms with Crippen LogP contribution in [0.25, 0.3) is 0 Å². The number of hydrogen-bond acceptors (Lipinski definition) is 2. The second kappa shape index (κ2) is 7.24. The van der Waals surface area contributed by atoms with Crippen LogP contribution in [0.3, 0.4) is 0 Å². The first-order valence-corrected chi connectivity index (χ1v) is 7.13. The largest absolute Gasteiger partial charge is 0.494 e. The van der Waals surface area contributed by atoms with Gasteiger partial charge in [-0.25, -0.2) is 4.39 Å². The van der Waals surface area contributed by atoms with Gasteiger partial charge in [0.1, 0.15) is 11.6 Å². The van der Waals surface area contributed by atoms with E-state index in [9.17, 15) is 4.39 Å². The number of thiocarbonyl (C=S) groups is 1. The van der Waals surface area contributed by atoms with Crippen LogP contribution >= 0.6 is 23.8 Å². The van der Waals surface area contributed by atoms with Crippen LogP contribution in [0.15, 0.2) is 42.5 Å². The van der Waals surface area contributed by atoms with Gasteiger partial charge in [0.25, 0.3) is 0 Å². The van der Waals surface area contributed by atoms with Gasteiger partial charge in [-0.3, -0.25) is 0 Å². The molecule has 21 heavy (non-hydrogen) atoms. The van der Waals surface area contributed by atoms with Crippen LogP contribution in [0.5, 0.6) is 5.75 Å². The van der Waals surface area contributed by atoms with Crippen molar-refractivity contribution in [3.8, 4) is 5.75 Å². The Morgan fingerprint density at radius 3 is 2.38 bits per heavy atom. The van der Waals surface area contributed by atoms with E-state index in [1.165, 1.54) is 12.1 Å². The number of rotatable bonds is 4. The average molecular weight is 325 g/mol. The number of hydrogen-bond donors (Lipinski definition) is 2. The van der Waals surface area contributed by atoms with E-state index in [1.807, 2.05) is 31.2 Å². The topological polar surface area (TPSA) is 33.3 Å². The second-order valence-corrected chi connectivity index (χ2v) is 4.98. The number of nitrogens with one attached hydrogen (secondary N) is 2. The van der Waals surface area contributed by atoms with Gasteiger partial charge < -0.3 is 15.4 Å². The van der Waals surface area contributed by atoms with Crippen molar-refractivity contribution in [2.24, 2.45) is 0 Å². The number of benzene rings is 2. The molecular weight excluding hydrogens is 311 g/mol. The van der Waals surface area contributed by atoms with Gasteiger partial charge in [-0.05, 0) is 61.6 Å². The SMILES string of the molecule is CCOc1ccc(NC(=S)Nc2ccc(F)c(Cl)c2)cc1. The van der Waals surface area contributed by atoms with Gasteiger partial charge in [-0.1, -0.05) is 11.6 Å². The second-order valence-electron chi connectivity index (χ2n) is 4.17. The molecule has 0 atom stereocenters. The van der Waals surface area contributed by atoms with Gasteiger partial charge in [0.15, 0.2) is 5.11 Å². The van der Waals surface area contributed by atoms with Crippen molar-refractivity contribution < 1.29 is 9.13 Å². The molecule has 0 aliphatic carbocycles. The van der Waals surface area contributed by atoms with Crippen LogP contribution in [-0.2, 0) is 0 Å². The van der Waals surface area contributed by atoms with Crippen molar-refractivity contribution in [2.45, 2.75) is 6.92 Å². The summed E-state index contributed by atoms with van der Waals surface area (Å²) >= 11 is 10.9. The zero-order chi connectivity index (χ0) is 15.2. The zero-order valence-electron chi connectivity index (χ0n) is 11.3. The Morgan fingerprint density at radius 2 is 1.76 bits per heavy atom. The fourth-order valence-corrected chi connectivity index (χ4v) is 2.08. The molecule has 0 amide bonds. The molecule has 2 N–H and O–H groups in total. The summed E-state index contributed by atoms with van der Waals surface area (Å²) in [7, 11) is 0. The predicted octanol–water partition coefficient (Wildman–Crippen LogP) is 4.69. The summed E-state index contributed by atoms with van der Waals surface area (Å²) in [6.07, 6.45) is 0. The Labute approximate surface area is 133 Å². The molecule has 0 saturated heterocycles. The summed E-state index contributed by atoms with van der Waals surface area (Å²) in [5, 5.41) is 6.39. The highest BCUT2D eigenvalue weighted by Crippen LogP contribution is 2.20. The third kappa shape index (κ3) is 4.58. The summed E-state index contributed by atoms with van der Waals surface area (Å²) in [5.74, 6) is 0.333. The van der Waals surface area contributed by atoms with Crippen molar-refractivity contribution >= 4 is 40.3 Å². The summed E-state index contributed by atoms with van der Waals surface area (Å²) < 4.78 is 18.4. The van der Waals surface area contributed by atoms with E-state index in [1.54, 1.807) is 6.07 Å². The average Bonchev–Trinajstić information content (AvgIpc) is 2.45. The predicted molar refractivity (Wildman–Crippen MR) is 88.9 cm³/mol. The van der Waals surface area contributed by atoms with E-state index in [0.29, 0.717) is 17.4 Å². The Balaban J connectivity index is 1.96. The maximum Gasteiger partial charge on any atom is 0.175 e. The highest BCUT2D eigenvalue weighted by molar-refractivity contribution is 7.80. The Kier molecular flexibility index (Phi) is 5.36. The highest BCUT2D eigenvalue weighted by atomic mass is 35.5. The highest BCUT2D eigenvalue weighted by Gasteiger charge is 2.03. The monoisotopic (exact) mass is 324 g/mol. The Bertz CT molecular complexity index is 634. The van der Waals surface area contributed by atoms with Crippen molar-refractivity contribution in [2.75, 3.05) is 17.2 Å². The molecule has 2 rings (SSSR count). The minimum absolute atomic E-state index is 0.0452. The molecule has 0 bridgehead atoms. The molecular formula is C15H14ClFN2OS. The maximum atomic E-state index is 13.1. The fraction of sp³-hybridized carbons (Fsp3) is 0.133. The molecule has 0 aliphatic heterocycles. The van der Waals surface area contributed by atoms with Gasteiger partial charge in [0.05, 0.1) is 11.6 Å². The van der Waals surface area contributed by atoms with Crippen LogP contribution in [0.2, 0.25) is 5.02 Å². The minimum Gasteiger partial charge on any atom is -0.494 e. The van der Waals surface area contributed by atoms with Crippen molar-refractivity contribution in [3.63, 3.8) is 0 Å². The Hall–Kier alpha value is -1.85. The summed E-state index contributed by atoms with van der Waals surface area (Å²) in [5.41, 5.74) is 1.44. The molecule has 2 aromatic carbocycles. The lowest BCUT2D eigenvalue weighted by Crippen LogP contribution is -2.19. The van der Waals surface area contributed by atoms with Crippen LogP contribution in [0.1, 0.15) is 6.92 Å². The van der Waals surface area contributed by atoms with Crippen molar-refractivity contribution in [1.29, 1.82) is 0 Å². The van der Waals surface area contributed by atoms with Gasteiger partial charge >= 0.3 is 0 Å². The molecule has 0 unspecified atom stereocenters. The van der Waals surface area contributed by atoms with E-state index in [2.05, 4.69) is 10.6 Å². The van der Waals surface area contributed by atoms with Crippen LogP contribution in [0.4, 0.5) is 15.8 Å². The number of anilines is 2. The molecule has 0 aliphatic rings. The molecule has 0 spiro atoms. The third-order valence-corrected chi connectivity index (χ3v) is 3.09. The smallest absolute Gasteiger partial charge is 0.175 e. The van der Waals surface area contributed by atoms with Crippen LogP contribution in [-0.4, -0.2) is 11.7 Å². The minimum atomic E-state index is -0.465. The molecule has 0 fully saturated rings. The standard InChI is InChI=1S/C15H14ClFN2OS/c1-2-20-12-6-3-10(4-7-12)18-15(21)19-11-5-8-14(17)13(16)9-11/h3-9H,2H2,1H3,(H2,18,19,21). The molecule has 110 valence electrons. The first kappa shape index (κ1) is 15.5. The first-order chi connectivity index (χ1) is 10.1. The lowest BCUT2D eigenvalue weighted by atomic mass is 10.3. The first-order valence-electron chi connectivity index (χ1n) is 6.34. The van der Waals surface area contributed by atoms with E-state index in [-0.39, 0.29) is 5.02 Å². The maximum absolute atomic E-state index is 13.1. The molecule has 6 heteroatoms. The normalized spacial score (nSPS) is 10.0. The van der Waals surface area contributed by atoms with Crippen LogP contribution < -0.4 is 15.4 Å². The van der Waals surface area contributed by atoms with Gasteiger partial charge in [0, 0.05) is 11.4 Å². The number of halogens is 2. The van der Waals surface area contributed by atoms with E-state index >= 15 is 0 Å². The summed E-state index contributed by atoms with van der Waals surface area (Å²) in [6.45, 7) is 2.55. The van der Waals surface area contributed by atoms with E-state index in [0.717, 1.165) is 11.4 Å². The quantitative estimate of drug-likeness (QED) is 0.800. The molecule has 0 heterocycles. The van der Waals surface area contributed by atoms with Gasteiger partial charge in [0.2, 0.25) is 0 Å². The van der Waals surface area contributed by atoms with Crippen molar-refractivity contribution in [1.82, 2.24) is 0 Å². The molecule has 0 aromatic heterocycles. The molecule has 0 saturated carbocycles. The van der Waals surface area contributed by atoms with Crippen LogP contribution in [0, 0.1) is 5.82 Å². The Morgan fingerprint density at radius 1 is 1.14 bits per heavy atom. The van der Waals surface area contributed by atoms with Gasteiger partial charge in [-0.15, -0.1) is 0 Å². The van der Waals surface area contributed by atoms with E-state index < -0.39 is 5.82 Å². The van der Waals surface area contributed by atoms with E-state index in [4.69, 9.17) is 28.6 Å². The summed E-state index contributed by atoms with van der Waals surface area (Å²) in [4.78, 5) is 0. The molecule has 0 radical (unpaired) electrons. The molecule has 2 aromatic rings. The number of ether oxygens (including phenoxy) is 1. The molecule has 3 nitrogen and oxygen atoms in total. The lowest BCUT2D eigenvalue weighted by molar-refractivity contribution is 0.340. The van der Waals surface area contributed by atoms with Crippen molar-refractivity contribution in [3.05, 3.63) is 53.3 Å². The third-order valence-electron chi connectivity index (χ3n) is 2.60. The summed E-state index contributed by atoms with van der Waals surface area (Å²) in [6, 6.07) is 11.7. The lowest BCUT2D eigenvalue weighted by Gasteiger charge is -2.11. The van der Waals surface area contributed by atoms with Gasteiger partial charge in [-0.2, -0.15) is 0 Å². The fourth-order valence-electron chi connectivity index (χ4n) is 1.67. The zero-order valence-corrected chi connectivity index (χ0v) is 12.9.